The van der Waals surface area contributed by atoms with Gasteiger partial charge in [0.25, 0.3) is 0 Å². The lowest BCUT2D eigenvalue weighted by atomic mass is 9.96. The summed E-state index contributed by atoms with van der Waals surface area (Å²) in [6, 6.07) is 5.22. The first-order valence-electron chi connectivity index (χ1n) is 8.14. The Morgan fingerprint density at radius 2 is 1.88 bits per heavy atom. The van der Waals surface area contributed by atoms with E-state index in [4.69, 9.17) is 4.74 Å². The van der Waals surface area contributed by atoms with Gasteiger partial charge in [0.2, 0.25) is 5.91 Å². The Kier molecular flexibility index (Phi) is 5.89. The minimum absolute atomic E-state index is 0.129. The lowest BCUT2D eigenvalue weighted by Gasteiger charge is -2.31. The Bertz CT molecular complexity index is 780. The third-order valence-corrected chi connectivity index (χ3v) is 5.83. The second kappa shape index (κ2) is 8.33. The number of carbonyl (C=O) groups excluding carboxylic acids is 3. The average Bonchev–Trinajstić information content (AvgIpc) is 3.33. The Balaban J connectivity index is 1.51. The predicted octanol–water partition coefficient (Wildman–Crippen LogP) is 3.48. The molecule has 0 radical (unpaired) electrons. The van der Waals surface area contributed by atoms with Crippen LogP contribution in [0.3, 0.4) is 0 Å². The molecule has 3 heterocycles. The first-order chi connectivity index (χ1) is 12.6. The van der Waals surface area contributed by atoms with E-state index in [-0.39, 0.29) is 17.9 Å². The Hall–Kier alpha value is -2.39. The molecule has 26 heavy (non-hydrogen) atoms. The lowest BCUT2D eigenvalue weighted by molar-refractivity contribution is -0.121. The van der Waals surface area contributed by atoms with Crippen LogP contribution in [0.15, 0.2) is 29.0 Å². The Morgan fingerprint density at radius 3 is 2.54 bits per heavy atom. The summed E-state index contributed by atoms with van der Waals surface area (Å²) in [6.07, 6.45) is 1.17. The quantitative estimate of drug-likeness (QED) is 0.779. The highest BCUT2D eigenvalue weighted by atomic mass is 32.1. The van der Waals surface area contributed by atoms with E-state index in [2.05, 4.69) is 10.6 Å². The standard InChI is InChI=1S/C17H19N3O4S2/c1-24-16(22)12-6-10-26-15(12)19-14(21)11-4-7-20(8-5-11)17(23)18-13-3-2-9-25-13/h2-3,6,9-11H,4-5,7-8H2,1H3,(H,18,23)(H,19,21). The molecule has 0 spiro atoms. The van der Waals surface area contributed by atoms with Crippen molar-refractivity contribution in [2.24, 2.45) is 5.92 Å². The van der Waals surface area contributed by atoms with Gasteiger partial charge in [0, 0.05) is 19.0 Å². The van der Waals surface area contributed by atoms with Crippen molar-refractivity contribution >= 4 is 50.6 Å². The molecule has 2 N–H and O–H groups in total. The molecule has 1 saturated heterocycles. The number of likely N-dealkylation sites (tertiary alicyclic amines) is 1. The summed E-state index contributed by atoms with van der Waals surface area (Å²) in [5, 5.41) is 10.6. The number of urea groups is 1. The third-order valence-electron chi connectivity index (χ3n) is 4.21. The smallest absolute Gasteiger partial charge is 0.340 e. The van der Waals surface area contributed by atoms with Crippen molar-refractivity contribution in [3.63, 3.8) is 0 Å². The maximum absolute atomic E-state index is 12.5. The molecule has 0 bridgehead atoms. The maximum Gasteiger partial charge on any atom is 0.340 e. The van der Waals surface area contributed by atoms with Gasteiger partial charge in [-0.05, 0) is 41.8 Å². The van der Waals surface area contributed by atoms with Gasteiger partial charge in [-0.15, -0.1) is 22.7 Å². The predicted molar refractivity (Wildman–Crippen MR) is 102 cm³/mol. The number of piperidine rings is 1. The van der Waals surface area contributed by atoms with E-state index in [1.54, 1.807) is 16.3 Å². The number of carbonyl (C=O) groups is 3. The van der Waals surface area contributed by atoms with Crippen LogP contribution in [0.2, 0.25) is 0 Å². The van der Waals surface area contributed by atoms with Crippen LogP contribution in [-0.4, -0.2) is 43.0 Å². The number of nitrogens with one attached hydrogen (secondary N) is 2. The summed E-state index contributed by atoms with van der Waals surface area (Å²) in [4.78, 5) is 38.1. The molecule has 0 atom stereocenters. The van der Waals surface area contributed by atoms with Gasteiger partial charge >= 0.3 is 12.0 Å². The molecule has 3 rings (SSSR count). The molecule has 138 valence electrons. The third kappa shape index (κ3) is 4.23. The van der Waals surface area contributed by atoms with Crippen molar-refractivity contribution in [2.45, 2.75) is 12.8 Å². The van der Waals surface area contributed by atoms with Crippen LogP contribution in [0.4, 0.5) is 14.8 Å². The van der Waals surface area contributed by atoms with E-state index < -0.39 is 5.97 Å². The van der Waals surface area contributed by atoms with Crippen molar-refractivity contribution in [1.29, 1.82) is 0 Å². The fourth-order valence-corrected chi connectivity index (χ4v) is 4.15. The molecule has 3 amide bonds. The SMILES string of the molecule is COC(=O)c1ccsc1NC(=O)C1CCN(C(=O)Nc2cccs2)CC1. The average molecular weight is 393 g/mol. The molecule has 0 unspecified atom stereocenters. The molecule has 1 fully saturated rings. The fraction of sp³-hybridized carbons (Fsp3) is 0.353. The Morgan fingerprint density at radius 1 is 1.12 bits per heavy atom. The van der Waals surface area contributed by atoms with Crippen LogP contribution in [0, 0.1) is 5.92 Å². The van der Waals surface area contributed by atoms with Gasteiger partial charge in [-0.25, -0.2) is 9.59 Å². The minimum atomic E-state index is -0.471. The summed E-state index contributed by atoms with van der Waals surface area (Å²) in [5.41, 5.74) is 0.360. The van der Waals surface area contributed by atoms with Crippen molar-refractivity contribution in [3.8, 4) is 0 Å². The van der Waals surface area contributed by atoms with Crippen LogP contribution in [0.5, 0.6) is 0 Å². The zero-order chi connectivity index (χ0) is 18.5. The molecule has 2 aromatic rings. The molecule has 0 aliphatic carbocycles. The van der Waals surface area contributed by atoms with Gasteiger partial charge in [-0.3, -0.25) is 10.1 Å². The van der Waals surface area contributed by atoms with Gasteiger partial charge in [-0.2, -0.15) is 0 Å². The van der Waals surface area contributed by atoms with E-state index in [0.717, 1.165) is 5.00 Å². The zero-order valence-electron chi connectivity index (χ0n) is 14.2. The minimum Gasteiger partial charge on any atom is -0.465 e. The Labute approximate surface area is 159 Å². The number of hydrogen-bond donors (Lipinski definition) is 2. The van der Waals surface area contributed by atoms with Gasteiger partial charge in [0.15, 0.2) is 0 Å². The highest BCUT2D eigenvalue weighted by molar-refractivity contribution is 7.15. The molecule has 1 aliphatic heterocycles. The van der Waals surface area contributed by atoms with Gasteiger partial charge in [-0.1, -0.05) is 0 Å². The highest BCUT2D eigenvalue weighted by Crippen LogP contribution is 2.27. The summed E-state index contributed by atoms with van der Waals surface area (Å²) in [6.45, 7) is 1.03. The van der Waals surface area contributed by atoms with Crippen LogP contribution in [0.25, 0.3) is 0 Å². The summed E-state index contributed by atoms with van der Waals surface area (Å²) in [5.74, 6) is -0.786. The topological polar surface area (TPSA) is 87.7 Å². The normalized spacial score (nSPS) is 14.7. The molecule has 0 aromatic carbocycles. The van der Waals surface area contributed by atoms with E-state index in [0.29, 0.717) is 36.5 Å². The number of hydrogen-bond acceptors (Lipinski definition) is 6. The van der Waals surface area contributed by atoms with E-state index in [9.17, 15) is 14.4 Å². The molecule has 7 nitrogen and oxygen atoms in total. The monoisotopic (exact) mass is 393 g/mol. The number of anilines is 2. The molecular weight excluding hydrogens is 374 g/mol. The van der Waals surface area contributed by atoms with Gasteiger partial charge in [0.05, 0.1) is 17.7 Å². The maximum atomic E-state index is 12.5. The molecule has 0 saturated carbocycles. The fourth-order valence-electron chi connectivity index (χ4n) is 2.77. The summed E-state index contributed by atoms with van der Waals surface area (Å²) in [7, 11) is 1.31. The van der Waals surface area contributed by atoms with E-state index in [1.807, 2.05) is 17.5 Å². The number of ether oxygens (including phenoxy) is 1. The second-order valence-corrected chi connectivity index (χ2v) is 7.68. The van der Waals surface area contributed by atoms with Crippen molar-refractivity contribution < 1.29 is 19.1 Å². The molecule has 2 aromatic heterocycles. The number of amides is 3. The number of rotatable bonds is 4. The van der Waals surface area contributed by atoms with Crippen molar-refractivity contribution in [3.05, 3.63) is 34.5 Å². The first kappa shape index (κ1) is 18.4. The van der Waals surface area contributed by atoms with Gasteiger partial charge in [0.1, 0.15) is 5.00 Å². The highest BCUT2D eigenvalue weighted by Gasteiger charge is 2.28. The van der Waals surface area contributed by atoms with E-state index in [1.165, 1.54) is 29.8 Å². The first-order valence-corrected chi connectivity index (χ1v) is 9.90. The molecular formula is C17H19N3O4S2. The molecule has 1 aliphatic rings. The summed E-state index contributed by atoms with van der Waals surface area (Å²) < 4.78 is 4.71. The lowest BCUT2D eigenvalue weighted by Crippen LogP contribution is -2.43. The number of thiophene rings is 2. The van der Waals surface area contributed by atoms with Crippen molar-refractivity contribution in [1.82, 2.24) is 4.90 Å². The number of methoxy groups -OCH3 is 1. The number of esters is 1. The number of nitrogens with zero attached hydrogens (tertiary/aromatic N) is 1. The summed E-state index contributed by atoms with van der Waals surface area (Å²) >= 11 is 2.76. The van der Waals surface area contributed by atoms with Crippen molar-refractivity contribution in [2.75, 3.05) is 30.8 Å². The van der Waals surface area contributed by atoms with Crippen LogP contribution in [-0.2, 0) is 9.53 Å². The second-order valence-electron chi connectivity index (χ2n) is 5.81. The molecule has 9 heteroatoms. The van der Waals surface area contributed by atoms with Crippen LogP contribution < -0.4 is 10.6 Å². The zero-order valence-corrected chi connectivity index (χ0v) is 15.8. The van der Waals surface area contributed by atoms with E-state index >= 15 is 0 Å². The largest absolute Gasteiger partial charge is 0.465 e. The van der Waals surface area contributed by atoms with Crippen LogP contribution >= 0.6 is 22.7 Å². The van der Waals surface area contributed by atoms with Crippen LogP contribution in [0.1, 0.15) is 23.2 Å². The van der Waals surface area contributed by atoms with Gasteiger partial charge < -0.3 is 15.0 Å².